The van der Waals surface area contributed by atoms with Gasteiger partial charge in [0.25, 0.3) is 0 Å². The Morgan fingerprint density at radius 3 is 2.55 bits per heavy atom. The number of nitrogens with zero attached hydrogens (tertiary/aromatic N) is 2. The van der Waals surface area contributed by atoms with Crippen molar-refractivity contribution in [2.45, 2.75) is 50.0 Å². The van der Waals surface area contributed by atoms with Gasteiger partial charge in [0.05, 0.1) is 0 Å². The Morgan fingerprint density at radius 1 is 1.30 bits per heavy atom. The van der Waals surface area contributed by atoms with Crippen LogP contribution in [0.4, 0.5) is 5.82 Å². The summed E-state index contributed by atoms with van der Waals surface area (Å²) in [5, 5.41) is 3.06. The predicted molar refractivity (Wildman–Crippen MR) is 80.2 cm³/mol. The molecule has 1 heterocycles. The highest BCUT2D eigenvalue weighted by atomic mass is 32.2. The van der Waals surface area contributed by atoms with E-state index in [9.17, 15) is 8.42 Å². The molecule has 1 aliphatic carbocycles. The van der Waals surface area contributed by atoms with Crippen LogP contribution in [0.2, 0.25) is 0 Å². The van der Waals surface area contributed by atoms with Gasteiger partial charge in [-0.3, -0.25) is 0 Å². The van der Waals surface area contributed by atoms with Crippen LogP contribution in [0.5, 0.6) is 0 Å². The summed E-state index contributed by atoms with van der Waals surface area (Å²) in [7, 11) is -1.74. The normalized spacial score (nSPS) is 17.4. The van der Waals surface area contributed by atoms with Crippen LogP contribution in [-0.2, 0) is 10.0 Å². The first kappa shape index (κ1) is 15.3. The molecule has 112 valence electrons. The second-order valence-electron chi connectivity index (χ2n) is 5.22. The molecule has 0 amide bonds. The Bertz CT molecular complexity index is 522. The second kappa shape index (κ2) is 6.54. The quantitative estimate of drug-likeness (QED) is 0.907. The number of anilines is 1. The average molecular weight is 297 g/mol. The molecule has 0 atom stereocenters. The molecular formula is C14H23N3O2S. The summed E-state index contributed by atoms with van der Waals surface area (Å²) in [4.78, 5) is 4.42. The van der Waals surface area contributed by atoms with Gasteiger partial charge in [0.2, 0.25) is 10.0 Å². The Hall–Kier alpha value is -1.14. The van der Waals surface area contributed by atoms with Crippen molar-refractivity contribution in [2.24, 2.45) is 0 Å². The number of hydrogen-bond donors (Lipinski definition) is 1. The van der Waals surface area contributed by atoms with Gasteiger partial charge in [-0.15, -0.1) is 0 Å². The topological polar surface area (TPSA) is 62.3 Å². The minimum absolute atomic E-state index is 0.127. The maximum Gasteiger partial charge on any atom is 0.244 e. The largest absolute Gasteiger partial charge is 0.370 e. The van der Waals surface area contributed by atoms with E-state index in [2.05, 4.69) is 10.3 Å². The zero-order chi connectivity index (χ0) is 14.6. The third kappa shape index (κ3) is 3.30. The van der Waals surface area contributed by atoms with E-state index in [1.54, 1.807) is 19.2 Å². The second-order valence-corrected chi connectivity index (χ2v) is 7.22. The van der Waals surface area contributed by atoms with Crippen molar-refractivity contribution >= 4 is 15.8 Å². The van der Waals surface area contributed by atoms with E-state index in [0.29, 0.717) is 5.82 Å². The molecule has 6 heteroatoms. The average Bonchev–Trinajstić information content (AvgIpc) is 2.48. The van der Waals surface area contributed by atoms with Gasteiger partial charge in [-0.05, 0) is 31.9 Å². The molecule has 1 N–H and O–H groups in total. The number of pyridine rings is 1. The molecule has 20 heavy (non-hydrogen) atoms. The standard InChI is InChI=1S/C14H23N3O2S/c1-3-15-14-10-9-13(11-16-14)20(18,19)17(2)12-7-5-4-6-8-12/h9-12H,3-8H2,1-2H3,(H,15,16). The lowest BCUT2D eigenvalue weighted by atomic mass is 9.96. The van der Waals surface area contributed by atoms with E-state index in [1.807, 2.05) is 6.92 Å². The molecule has 0 spiro atoms. The zero-order valence-electron chi connectivity index (χ0n) is 12.2. The summed E-state index contributed by atoms with van der Waals surface area (Å²) in [6.07, 6.45) is 6.79. The highest BCUT2D eigenvalue weighted by Gasteiger charge is 2.29. The van der Waals surface area contributed by atoms with E-state index in [-0.39, 0.29) is 10.9 Å². The third-order valence-electron chi connectivity index (χ3n) is 3.86. The van der Waals surface area contributed by atoms with Crippen molar-refractivity contribution in [3.05, 3.63) is 18.3 Å². The molecule has 0 radical (unpaired) electrons. The lowest BCUT2D eigenvalue weighted by Crippen LogP contribution is -2.38. The van der Waals surface area contributed by atoms with Crippen molar-refractivity contribution in [2.75, 3.05) is 18.9 Å². The van der Waals surface area contributed by atoms with Crippen molar-refractivity contribution in [3.8, 4) is 0 Å². The molecular weight excluding hydrogens is 274 g/mol. The highest BCUT2D eigenvalue weighted by Crippen LogP contribution is 2.26. The fourth-order valence-corrected chi connectivity index (χ4v) is 3.99. The van der Waals surface area contributed by atoms with E-state index in [1.165, 1.54) is 16.9 Å². The molecule has 0 bridgehead atoms. The van der Waals surface area contributed by atoms with Gasteiger partial charge in [-0.2, -0.15) is 4.31 Å². The summed E-state index contributed by atoms with van der Waals surface area (Å²) in [5.74, 6) is 0.701. The monoisotopic (exact) mass is 297 g/mol. The fraction of sp³-hybridized carbons (Fsp3) is 0.643. The first-order valence-electron chi connectivity index (χ1n) is 7.23. The minimum Gasteiger partial charge on any atom is -0.370 e. The van der Waals surface area contributed by atoms with Crippen molar-refractivity contribution in [3.63, 3.8) is 0 Å². The van der Waals surface area contributed by atoms with Crippen LogP contribution in [0.15, 0.2) is 23.2 Å². The van der Waals surface area contributed by atoms with E-state index >= 15 is 0 Å². The van der Waals surface area contributed by atoms with Crippen molar-refractivity contribution in [1.82, 2.24) is 9.29 Å². The molecule has 2 rings (SSSR count). The van der Waals surface area contributed by atoms with Gasteiger partial charge in [0, 0.05) is 25.8 Å². The third-order valence-corrected chi connectivity index (χ3v) is 5.75. The van der Waals surface area contributed by atoms with Crippen LogP contribution in [0.3, 0.4) is 0 Å². The summed E-state index contributed by atoms with van der Waals surface area (Å²) < 4.78 is 26.7. The molecule has 1 fully saturated rings. The Kier molecular flexibility index (Phi) is 4.99. The van der Waals surface area contributed by atoms with Gasteiger partial charge < -0.3 is 5.32 Å². The highest BCUT2D eigenvalue weighted by molar-refractivity contribution is 7.89. The Morgan fingerprint density at radius 2 is 2.00 bits per heavy atom. The molecule has 1 aromatic rings. The summed E-state index contributed by atoms with van der Waals surface area (Å²) in [6, 6.07) is 3.47. The molecule has 0 saturated heterocycles. The smallest absolute Gasteiger partial charge is 0.244 e. The predicted octanol–water partition coefficient (Wildman–Crippen LogP) is 2.47. The molecule has 1 aliphatic rings. The van der Waals surface area contributed by atoms with Crippen LogP contribution in [0.1, 0.15) is 39.0 Å². The van der Waals surface area contributed by atoms with Crippen LogP contribution in [0, 0.1) is 0 Å². The summed E-state index contributed by atoms with van der Waals surface area (Å²) >= 11 is 0. The number of nitrogens with one attached hydrogen (secondary N) is 1. The lowest BCUT2D eigenvalue weighted by Gasteiger charge is -2.30. The summed E-state index contributed by atoms with van der Waals surface area (Å²) in [6.45, 7) is 2.74. The summed E-state index contributed by atoms with van der Waals surface area (Å²) in [5.41, 5.74) is 0. The first-order valence-corrected chi connectivity index (χ1v) is 8.67. The Balaban J connectivity index is 2.15. The van der Waals surface area contributed by atoms with Gasteiger partial charge >= 0.3 is 0 Å². The van der Waals surface area contributed by atoms with Crippen molar-refractivity contribution < 1.29 is 8.42 Å². The molecule has 0 unspecified atom stereocenters. The number of aromatic nitrogens is 1. The number of hydrogen-bond acceptors (Lipinski definition) is 4. The maximum atomic E-state index is 12.6. The van der Waals surface area contributed by atoms with E-state index in [0.717, 1.165) is 32.2 Å². The first-order chi connectivity index (χ1) is 9.55. The zero-order valence-corrected chi connectivity index (χ0v) is 13.0. The van der Waals surface area contributed by atoms with Crippen LogP contribution in [-0.4, -0.2) is 37.3 Å². The van der Waals surface area contributed by atoms with Crippen LogP contribution in [0.25, 0.3) is 0 Å². The molecule has 0 aromatic carbocycles. The minimum atomic E-state index is -3.43. The van der Waals surface area contributed by atoms with Crippen LogP contribution >= 0.6 is 0 Å². The van der Waals surface area contributed by atoms with Crippen molar-refractivity contribution in [1.29, 1.82) is 0 Å². The maximum absolute atomic E-state index is 12.6. The fourth-order valence-electron chi connectivity index (χ4n) is 2.63. The van der Waals surface area contributed by atoms with Gasteiger partial charge in [-0.25, -0.2) is 13.4 Å². The number of sulfonamides is 1. The van der Waals surface area contributed by atoms with E-state index < -0.39 is 10.0 Å². The molecule has 0 aliphatic heterocycles. The SMILES string of the molecule is CCNc1ccc(S(=O)(=O)N(C)C2CCCCC2)cn1. The molecule has 1 saturated carbocycles. The van der Waals surface area contributed by atoms with Crippen LogP contribution < -0.4 is 5.32 Å². The van der Waals surface area contributed by atoms with E-state index in [4.69, 9.17) is 0 Å². The van der Waals surface area contributed by atoms with Gasteiger partial charge in [0.15, 0.2) is 0 Å². The molecule has 1 aromatic heterocycles. The van der Waals surface area contributed by atoms with Gasteiger partial charge in [0.1, 0.15) is 10.7 Å². The Labute approximate surface area is 121 Å². The lowest BCUT2D eigenvalue weighted by molar-refractivity contribution is 0.286. The molecule has 5 nitrogen and oxygen atoms in total. The van der Waals surface area contributed by atoms with Gasteiger partial charge in [-0.1, -0.05) is 19.3 Å². The number of rotatable bonds is 5.